The van der Waals surface area contributed by atoms with Crippen LogP contribution in [0.2, 0.25) is 0 Å². The lowest BCUT2D eigenvalue weighted by molar-refractivity contribution is -0.0392. The molecule has 0 aromatic heterocycles. The highest BCUT2D eigenvalue weighted by Crippen LogP contribution is 2.40. The van der Waals surface area contributed by atoms with Gasteiger partial charge in [-0.25, -0.2) is 0 Å². The first kappa shape index (κ1) is 16.3. The van der Waals surface area contributed by atoms with Crippen LogP contribution < -0.4 is 0 Å². The second-order valence-electron chi connectivity index (χ2n) is 6.69. The molecule has 3 rings (SSSR count). The maximum absolute atomic E-state index is 12.5. The van der Waals surface area contributed by atoms with E-state index < -0.39 is 0 Å². The smallest absolute Gasteiger partial charge is 0.253 e. The zero-order chi connectivity index (χ0) is 16.3. The molecule has 0 bridgehead atoms. The molecule has 1 N–H and O–H groups in total. The van der Waals surface area contributed by atoms with Gasteiger partial charge in [0, 0.05) is 32.4 Å². The summed E-state index contributed by atoms with van der Waals surface area (Å²) in [4.78, 5) is 14.4. The quantitative estimate of drug-likeness (QED) is 0.926. The van der Waals surface area contributed by atoms with E-state index in [0.29, 0.717) is 24.6 Å². The molecule has 23 heavy (non-hydrogen) atoms. The van der Waals surface area contributed by atoms with Gasteiger partial charge in [0.05, 0.1) is 12.2 Å². The van der Waals surface area contributed by atoms with Crippen LogP contribution in [-0.4, -0.2) is 54.9 Å². The summed E-state index contributed by atoms with van der Waals surface area (Å²) in [5.74, 6) is 0.692. The number of carbonyl (C=O) groups is 1. The molecule has 2 heterocycles. The monoisotopic (exact) mass is 319 g/mol. The van der Waals surface area contributed by atoms with Crippen LogP contribution in [0.4, 0.5) is 0 Å². The van der Waals surface area contributed by atoms with E-state index in [1.54, 1.807) is 25.3 Å². The van der Waals surface area contributed by atoms with E-state index in [1.165, 1.54) is 6.07 Å². The predicted molar refractivity (Wildman–Crippen MR) is 86.5 cm³/mol. The van der Waals surface area contributed by atoms with E-state index in [-0.39, 0.29) is 17.3 Å². The molecule has 0 saturated carbocycles. The molecule has 1 aromatic carbocycles. The summed E-state index contributed by atoms with van der Waals surface area (Å²) in [6, 6.07) is 6.56. The Morgan fingerprint density at radius 2 is 2.22 bits per heavy atom. The van der Waals surface area contributed by atoms with Gasteiger partial charge in [0.2, 0.25) is 0 Å². The van der Waals surface area contributed by atoms with Crippen molar-refractivity contribution in [3.63, 3.8) is 0 Å². The molecule has 2 saturated heterocycles. The minimum atomic E-state index is -0.0476. The van der Waals surface area contributed by atoms with E-state index in [2.05, 4.69) is 0 Å². The van der Waals surface area contributed by atoms with E-state index in [9.17, 15) is 9.90 Å². The van der Waals surface area contributed by atoms with Gasteiger partial charge in [-0.3, -0.25) is 4.79 Å². The number of phenols is 1. The molecule has 0 unspecified atom stereocenters. The summed E-state index contributed by atoms with van der Waals surface area (Å²) >= 11 is 0. The number of aromatic hydroxyl groups is 1. The fourth-order valence-electron chi connectivity index (χ4n) is 3.70. The van der Waals surface area contributed by atoms with Gasteiger partial charge in [0.1, 0.15) is 5.75 Å². The molecule has 1 spiro atoms. The molecule has 2 fully saturated rings. The number of rotatable bonds is 4. The molecule has 1 aromatic rings. The standard InChI is InChI=1S/C18H25NO4/c1-22-10-5-14-12-18(23-13-14)6-8-19(9-7-18)17(21)15-3-2-4-16(20)11-15/h2-4,11,14,20H,5-10,12-13H2,1H3/t14-/m0/s1. The summed E-state index contributed by atoms with van der Waals surface area (Å²) in [6.07, 6.45) is 3.90. The second kappa shape index (κ2) is 6.89. The van der Waals surface area contributed by atoms with Crippen molar-refractivity contribution in [2.24, 2.45) is 5.92 Å². The number of likely N-dealkylation sites (tertiary alicyclic amines) is 1. The molecule has 2 aliphatic rings. The Balaban J connectivity index is 1.55. The third-order valence-electron chi connectivity index (χ3n) is 5.07. The van der Waals surface area contributed by atoms with Crippen molar-refractivity contribution in [2.45, 2.75) is 31.3 Å². The summed E-state index contributed by atoms with van der Waals surface area (Å²) in [7, 11) is 1.73. The normalized spacial score (nSPS) is 23.3. The van der Waals surface area contributed by atoms with Gasteiger partial charge in [-0.2, -0.15) is 0 Å². The van der Waals surface area contributed by atoms with E-state index >= 15 is 0 Å². The Morgan fingerprint density at radius 1 is 1.43 bits per heavy atom. The van der Waals surface area contributed by atoms with Crippen molar-refractivity contribution in [1.29, 1.82) is 0 Å². The van der Waals surface area contributed by atoms with Gasteiger partial charge >= 0.3 is 0 Å². The SMILES string of the molecule is COCC[C@@H]1COC2(CCN(C(=O)c3cccc(O)c3)CC2)C1. The molecule has 1 atom stereocenters. The topological polar surface area (TPSA) is 59.0 Å². The number of methoxy groups -OCH3 is 1. The van der Waals surface area contributed by atoms with E-state index in [4.69, 9.17) is 9.47 Å². The van der Waals surface area contributed by atoms with Crippen LogP contribution in [0.3, 0.4) is 0 Å². The lowest BCUT2D eigenvalue weighted by Crippen LogP contribution is -2.46. The average molecular weight is 319 g/mol. The summed E-state index contributed by atoms with van der Waals surface area (Å²) in [5.41, 5.74) is 0.500. The molecule has 1 amide bonds. The zero-order valence-electron chi connectivity index (χ0n) is 13.7. The Morgan fingerprint density at radius 3 is 2.91 bits per heavy atom. The first-order valence-electron chi connectivity index (χ1n) is 8.33. The number of nitrogens with zero attached hydrogens (tertiary/aromatic N) is 1. The number of hydrogen-bond acceptors (Lipinski definition) is 4. The fourth-order valence-corrected chi connectivity index (χ4v) is 3.70. The number of carbonyl (C=O) groups excluding carboxylic acids is 1. The summed E-state index contributed by atoms with van der Waals surface area (Å²) in [5, 5.41) is 9.53. The number of ether oxygens (including phenoxy) is 2. The second-order valence-corrected chi connectivity index (χ2v) is 6.69. The maximum Gasteiger partial charge on any atom is 0.253 e. The minimum Gasteiger partial charge on any atom is -0.508 e. The number of piperidine rings is 1. The van der Waals surface area contributed by atoms with Crippen LogP contribution in [0, 0.1) is 5.92 Å². The van der Waals surface area contributed by atoms with Gasteiger partial charge in [-0.1, -0.05) is 6.07 Å². The lowest BCUT2D eigenvalue weighted by atomic mass is 9.84. The van der Waals surface area contributed by atoms with Gasteiger partial charge in [-0.05, 0) is 49.8 Å². The number of hydrogen-bond donors (Lipinski definition) is 1. The molecule has 2 aliphatic heterocycles. The Kier molecular flexibility index (Phi) is 4.87. The van der Waals surface area contributed by atoms with Crippen molar-refractivity contribution in [2.75, 3.05) is 33.4 Å². The molecular formula is C18H25NO4. The van der Waals surface area contributed by atoms with Crippen molar-refractivity contribution in [3.05, 3.63) is 29.8 Å². The first-order valence-corrected chi connectivity index (χ1v) is 8.33. The van der Waals surface area contributed by atoms with Crippen LogP contribution in [0.15, 0.2) is 24.3 Å². The minimum absolute atomic E-state index is 0.00956. The van der Waals surface area contributed by atoms with E-state index in [0.717, 1.165) is 38.9 Å². The van der Waals surface area contributed by atoms with Crippen LogP contribution in [-0.2, 0) is 9.47 Å². The van der Waals surface area contributed by atoms with Gasteiger partial charge in [0.15, 0.2) is 0 Å². The molecule has 0 aliphatic carbocycles. The molecule has 5 nitrogen and oxygen atoms in total. The highest BCUT2D eigenvalue weighted by molar-refractivity contribution is 5.94. The average Bonchev–Trinajstić information content (AvgIpc) is 2.96. The van der Waals surface area contributed by atoms with Crippen molar-refractivity contribution in [1.82, 2.24) is 4.90 Å². The molecular weight excluding hydrogens is 294 g/mol. The Bertz CT molecular complexity index is 552. The van der Waals surface area contributed by atoms with Gasteiger partial charge < -0.3 is 19.5 Å². The number of amides is 1. The Labute approximate surface area is 137 Å². The van der Waals surface area contributed by atoms with Crippen molar-refractivity contribution >= 4 is 5.91 Å². The third-order valence-corrected chi connectivity index (χ3v) is 5.07. The van der Waals surface area contributed by atoms with Crippen LogP contribution in [0.1, 0.15) is 36.0 Å². The predicted octanol–water partition coefficient (Wildman–Crippen LogP) is 2.44. The number of phenolic OH excluding ortho intramolecular Hbond substituents is 1. The highest BCUT2D eigenvalue weighted by atomic mass is 16.5. The lowest BCUT2D eigenvalue weighted by Gasteiger charge is -2.38. The van der Waals surface area contributed by atoms with Gasteiger partial charge in [0.25, 0.3) is 5.91 Å². The molecule has 126 valence electrons. The zero-order valence-corrected chi connectivity index (χ0v) is 13.7. The fraction of sp³-hybridized carbons (Fsp3) is 0.611. The Hall–Kier alpha value is -1.59. The van der Waals surface area contributed by atoms with Crippen molar-refractivity contribution < 1.29 is 19.4 Å². The van der Waals surface area contributed by atoms with Crippen molar-refractivity contribution in [3.8, 4) is 5.75 Å². The third kappa shape index (κ3) is 3.67. The largest absolute Gasteiger partial charge is 0.508 e. The van der Waals surface area contributed by atoms with E-state index in [1.807, 2.05) is 4.90 Å². The molecule has 5 heteroatoms. The summed E-state index contributed by atoms with van der Waals surface area (Å²) < 4.78 is 11.3. The highest BCUT2D eigenvalue weighted by Gasteiger charge is 2.43. The van der Waals surface area contributed by atoms with Crippen LogP contribution in [0.25, 0.3) is 0 Å². The first-order chi connectivity index (χ1) is 11.1. The van der Waals surface area contributed by atoms with Gasteiger partial charge in [-0.15, -0.1) is 0 Å². The maximum atomic E-state index is 12.5. The van der Waals surface area contributed by atoms with Crippen LogP contribution in [0.5, 0.6) is 5.75 Å². The summed E-state index contributed by atoms with van der Waals surface area (Å²) in [6.45, 7) is 3.02. The van der Waals surface area contributed by atoms with Crippen LogP contribution >= 0.6 is 0 Å². The molecule has 0 radical (unpaired) electrons. The number of benzene rings is 1.